The van der Waals surface area contributed by atoms with Crippen molar-refractivity contribution in [2.24, 2.45) is 13.0 Å². The maximum Gasteiger partial charge on any atom is 0.410 e. The maximum absolute atomic E-state index is 12.4. The van der Waals surface area contributed by atoms with Gasteiger partial charge >= 0.3 is 11.8 Å². The Hall–Kier alpha value is -2.61. The molecule has 2 aromatic rings. The smallest absolute Gasteiger partial charge is 0.410 e. The highest BCUT2D eigenvalue weighted by Gasteiger charge is 2.30. The zero-order valence-corrected chi connectivity index (χ0v) is 17.3. The van der Waals surface area contributed by atoms with E-state index in [-0.39, 0.29) is 22.7 Å². The molecule has 9 heteroatoms. The van der Waals surface area contributed by atoms with Gasteiger partial charge < -0.3 is 14.2 Å². The summed E-state index contributed by atoms with van der Waals surface area (Å²) in [5.74, 6) is 0.00203. The van der Waals surface area contributed by atoms with Crippen LogP contribution >= 0.6 is 11.6 Å². The van der Waals surface area contributed by atoms with E-state index in [0.717, 1.165) is 11.1 Å². The quantitative estimate of drug-likeness (QED) is 0.544. The largest absolute Gasteiger partial charge is 0.444 e. The lowest BCUT2D eigenvalue weighted by atomic mass is 9.90. The number of aromatic nitrogens is 2. The van der Waals surface area contributed by atoms with Crippen LogP contribution in [0.4, 0.5) is 10.5 Å². The first-order chi connectivity index (χ1) is 13.0. The zero-order chi connectivity index (χ0) is 20.8. The van der Waals surface area contributed by atoms with Gasteiger partial charge in [0.2, 0.25) is 0 Å². The minimum absolute atomic E-state index is 0.00203. The number of hydrogen-bond acceptors (Lipinski definition) is 5. The number of halogens is 1. The molecule has 0 saturated heterocycles. The molecule has 0 fully saturated rings. The topological polar surface area (TPSA) is 90.5 Å². The van der Waals surface area contributed by atoms with Crippen LogP contribution in [0.2, 0.25) is 5.02 Å². The lowest BCUT2D eigenvalue weighted by Crippen LogP contribution is -2.41. The van der Waals surface area contributed by atoms with Crippen LogP contribution in [0.25, 0.3) is 16.6 Å². The van der Waals surface area contributed by atoms with Crippen molar-refractivity contribution < 1.29 is 14.5 Å². The molecule has 28 heavy (non-hydrogen) atoms. The van der Waals surface area contributed by atoms with Crippen molar-refractivity contribution >= 4 is 40.0 Å². The summed E-state index contributed by atoms with van der Waals surface area (Å²) >= 11 is 6.37. The highest BCUT2D eigenvalue weighted by Crippen LogP contribution is 2.39. The fourth-order valence-electron chi connectivity index (χ4n) is 3.41. The van der Waals surface area contributed by atoms with Gasteiger partial charge in [0, 0.05) is 31.9 Å². The Balaban J connectivity index is 2.00. The average molecular weight is 407 g/mol. The van der Waals surface area contributed by atoms with Crippen molar-refractivity contribution in [2.45, 2.75) is 33.3 Å². The average Bonchev–Trinajstić information content (AvgIpc) is 2.90. The summed E-state index contributed by atoms with van der Waals surface area (Å²) < 4.78 is 7.25. The lowest BCUT2D eigenvalue weighted by molar-refractivity contribution is -0.384. The molecule has 0 aromatic carbocycles. The van der Waals surface area contributed by atoms with Gasteiger partial charge in [-0.05, 0) is 32.3 Å². The molecule has 0 bridgehead atoms. The maximum atomic E-state index is 12.4. The summed E-state index contributed by atoms with van der Waals surface area (Å²) in [6.45, 7) is 8.37. The van der Waals surface area contributed by atoms with E-state index in [1.807, 2.05) is 47.0 Å². The highest BCUT2D eigenvalue weighted by molar-refractivity contribution is 6.38. The van der Waals surface area contributed by atoms with E-state index in [9.17, 15) is 14.9 Å². The molecular weight excluding hydrogens is 384 g/mol. The lowest BCUT2D eigenvalue weighted by Gasteiger charge is -2.32. The third kappa shape index (κ3) is 3.69. The van der Waals surface area contributed by atoms with E-state index in [0.29, 0.717) is 24.1 Å². The number of pyridine rings is 1. The minimum Gasteiger partial charge on any atom is -0.444 e. The predicted molar refractivity (Wildman–Crippen MR) is 107 cm³/mol. The number of nitro groups is 1. The Labute approximate surface area is 167 Å². The Bertz CT molecular complexity index is 990. The standard InChI is InChI=1S/C19H23ClN4O4/c1-11-9-23(18(25)28-19(2,3)4)7-6-12(11)13-10-22(5)17-15(13)16(20)14(8-21-17)24(26)27/h6,8,10-11H,7,9H2,1-5H3. The van der Waals surface area contributed by atoms with Gasteiger partial charge in [0.1, 0.15) is 22.5 Å². The van der Waals surface area contributed by atoms with Gasteiger partial charge in [0.15, 0.2) is 0 Å². The number of aryl methyl sites for hydroxylation is 1. The number of hydrogen-bond donors (Lipinski definition) is 0. The molecule has 0 radical (unpaired) electrons. The Morgan fingerprint density at radius 3 is 2.68 bits per heavy atom. The second kappa shape index (κ2) is 7.09. The van der Waals surface area contributed by atoms with E-state index in [1.165, 1.54) is 6.20 Å². The second-order valence-electron chi connectivity index (χ2n) is 8.01. The summed E-state index contributed by atoms with van der Waals surface area (Å²) in [6, 6.07) is 0. The van der Waals surface area contributed by atoms with E-state index in [1.54, 1.807) is 9.47 Å². The Morgan fingerprint density at radius 2 is 2.11 bits per heavy atom. The van der Waals surface area contributed by atoms with Gasteiger partial charge in [-0.25, -0.2) is 9.78 Å². The Kier molecular flexibility index (Phi) is 5.10. The first-order valence-electron chi connectivity index (χ1n) is 8.96. The van der Waals surface area contributed by atoms with Crippen LogP contribution in [0, 0.1) is 16.0 Å². The summed E-state index contributed by atoms with van der Waals surface area (Å²) in [6.07, 6.45) is 4.64. The molecule has 150 valence electrons. The molecule has 1 atom stereocenters. The molecule has 0 aliphatic carbocycles. The van der Waals surface area contributed by atoms with E-state index in [4.69, 9.17) is 16.3 Å². The molecule has 8 nitrogen and oxygen atoms in total. The first kappa shape index (κ1) is 20.1. The summed E-state index contributed by atoms with van der Waals surface area (Å²) in [4.78, 5) is 28.9. The van der Waals surface area contributed by atoms with Crippen molar-refractivity contribution in [2.75, 3.05) is 13.1 Å². The van der Waals surface area contributed by atoms with Gasteiger partial charge in [0.25, 0.3) is 0 Å². The molecule has 1 unspecified atom stereocenters. The van der Waals surface area contributed by atoms with Crippen LogP contribution in [0.1, 0.15) is 33.3 Å². The molecule has 0 N–H and O–H groups in total. The van der Waals surface area contributed by atoms with Crippen LogP contribution in [0.15, 0.2) is 18.5 Å². The molecule has 3 heterocycles. The molecular formula is C19H23ClN4O4. The van der Waals surface area contributed by atoms with Gasteiger partial charge in [0.05, 0.1) is 10.3 Å². The minimum atomic E-state index is -0.557. The predicted octanol–water partition coefficient (Wildman–Crippen LogP) is 4.41. The number of rotatable bonds is 2. The van der Waals surface area contributed by atoms with Crippen molar-refractivity contribution in [1.29, 1.82) is 0 Å². The molecule has 0 saturated carbocycles. The molecule has 2 aromatic heterocycles. The second-order valence-corrected chi connectivity index (χ2v) is 8.39. The van der Waals surface area contributed by atoms with Crippen LogP contribution in [-0.2, 0) is 11.8 Å². The number of nitrogens with zero attached hydrogens (tertiary/aromatic N) is 4. The van der Waals surface area contributed by atoms with Gasteiger partial charge in [-0.1, -0.05) is 24.6 Å². The SMILES string of the molecule is CC1CN(C(=O)OC(C)(C)C)CC=C1c1cn(C)c2ncc([N+](=O)[O-])c(Cl)c12. The van der Waals surface area contributed by atoms with Crippen molar-refractivity contribution in [1.82, 2.24) is 14.5 Å². The molecule has 1 aliphatic heterocycles. The summed E-state index contributed by atoms with van der Waals surface area (Å²) in [7, 11) is 1.82. The van der Waals surface area contributed by atoms with E-state index < -0.39 is 10.5 Å². The normalized spacial score (nSPS) is 17.6. The van der Waals surface area contributed by atoms with Crippen LogP contribution in [0.3, 0.4) is 0 Å². The van der Waals surface area contributed by atoms with Gasteiger partial charge in [-0.15, -0.1) is 0 Å². The van der Waals surface area contributed by atoms with Crippen LogP contribution in [-0.4, -0.2) is 44.2 Å². The van der Waals surface area contributed by atoms with Gasteiger partial charge in [-0.2, -0.15) is 0 Å². The number of carbonyl (C=O) groups excluding carboxylic acids is 1. The summed E-state index contributed by atoms with van der Waals surface area (Å²) in [5, 5.41) is 11.9. The van der Waals surface area contributed by atoms with Crippen molar-refractivity contribution in [3.05, 3.63) is 39.2 Å². The highest BCUT2D eigenvalue weighted by atomic mass is 35.5. The van der Waals surface area contributed by atoms with E-state index in [2.05, 4.69) is 4.98 Å². The summed E-state index contributed by atoms with van der Waals surface area (Å²) in [5.41, 5.74) is 1.58. The third-order valence-electron chi connectivity index (χ3n) is 4.62. The third-order valence-corrected chi connectivity index (χ3v) is 5.00. The van der Waals surface area contributed by atoms with Gasteiger partial charge in [-0.3, -0.25) is 10.1 Å². The molecule has 1 amide bonds. The Morgan fingerprint density at radius 1 is 1.43 bits per heavy atom. The number of carbonyl (C=O) groups is 1. The molecule has 1 aliphatic rings. The zero-order valence-electron chi connectivity index (χ0n) is 16.5. The fourth-order valence-corrected chi connectivity index (χ4v) is 3.71. The molecule has 3 rings (SSSR count). The van der Waals surface area contributed by atoms with E-state index >= 15 is 0 Å². The van der Waals surface area contributed by atoms with Crippen LogP contribution in [0.5, 0.6) is 0 Å². The molecule has 0 spiro atoms. The van der Waals surface area contributed by atoms with Crippen molar-refractivity contribution in [3.8, 4) is 0 Å². The monoisotopic (exact) mass is 406 g/mol. The fraction of sp³-hybridized carbons (Fsp3) is 0.474. The van der Waals surface area contributed by atoms with Crippen molar-refractivity contribution in [3.63, 3.8) is 0 Å². The number of fused-ring (bicyclic) bond motifs is 1. The van der Waals surface area contributed by atoms with Crippen LogP contribution < -0.4 is 0 Å². The first-order valence-corrected chi connectivity index (χ1v) is 9.33. The number of amides is 1. The number of ether oxygens (including phenoxy) is 1.